The smallest absolute Gasteiger partial charge is 0.410 e. The van der Waals surface area contributed by atoms with E-state index in [1.54, 1.807) is 4.90 Å². The van der Waals surface area contributed by atoms with Crippen molar-refractivity contribution in [1.82, 2.24) is 19.9 Å². The monoisotopic (exact) mass is 427 g/mol. The van der Waals surface area contributed by atoms with E-state index in [-0.39, 0.29) is 27.6 Å². The van der Waals surface area contributed by atoms with Crippen LogP contribution in [0.15, 0.2) is 6.20 Å². The quantitative estimate of drug-likeness (QED) is 0.504. The van der Waals surface area contributed by atoms with E-state index in [4.69, 9.17) is 27.9 Å². The van der Waals surface area contributed by atoms with Crippen molar-refractivity contribution < 1.29 is 13.9 Å². The average molecular weight is 428 g/mol. The van der Waals surface area contributed by atoms with Gasteiger partial charge >= 0.3 is 6.09 Å². The first kappa shape index (κ1) is 19.4. The summed E-state index contributed by atoms with van der Waals surface area (Å²) in [6, 6.07) is 0. The van der Waals surface area contributed by atoms with Crippen molar-refractivity contribution in [2.45, 2.75) is 44.8 Å². The van der Waals surface area contributed by atoms with Crippen LogP contribution in [-0.2, 0) is 4.74 Å². The molecule has 1 amide bonds. The number of carbonyl (C=O) groups excluding carboxylic acids is 1. The van der Waals surface area contributed by atoms with Gasteiger partial charge in [0, 0.05) is 25.8 Å². The molecular weight excluding hydrogens is 408 g/mol. The lowest BCUT2D eigenvalue weighted by Gasteiger charge is -2.43. The molecule has 1 spiro atoms. The molecule has 2 fully saturated rings. The van der Waals surface area contributed by atoms with Gasteiger partial charge in [-0.2, -0.15) is 4.98 Å². The van der Waals surface area contributed by atoms with Crippen LogP contribution in [0.25, 0.3) is 10.9 Å². The molecule has 4 rings (SSSR count). The van der Waals surface area contributed by atoms with Gasteiger partial charge in [0.2, 0.25) is 5.28 Å². The molecule has 2 aliphatic rings. The summed E-state index contributed by atoms with van der Waals surface area (Å²) in [6.07, 6.45) is 2.89. The maximum atomic E-state index is 14.4. The van der Waals surface area contributed by atoms with Crippen molar-refractivity contribution in [3.05, 3.63) is 22.5 Å². The van der Waals surface area contributed by atoms with E-state index < -0.39 is 11.4 Å². The number of ether oxygens (including phenoxy) is 1. The Hall–Kier alpha value is -1.93. The van der Waals surface area contributed by atoms with E-state index in [0.29, 0.717) is 30.8 Å². The van der Waals surface area contributed by atoms with Crippen molar-refractivity contribution >= 4 is 46.0 Å². The average Bonchev–Trinajstić information content (AvgIpc) is 3.35. The molecule has 1 aliphatic carbocycles. The third-order valence-corrected chi connectivity index (χ3v) is 5.42. The molecule has 0 bridgehead atoms. The number of anilines is 1. The number of pyridine rings is 1. The second-order valence-electron chi connectivity index (χ2n) is 8.22. The number of hydrogen-bond acceptors (Lipinski definition) is 6. The molecule has 7 nitrogen and oxygen atoms in total. The van der Waals surface area contributed by atoms with Crippen molar-refractivity contribution in [2.24, 2.45) is 0 Å². The molecule has 0 aromatic carbocycles. The number of halogens is 3. The predicted molar refractivity (Wildman–Crippen MR) is 104 cm³/mol. The summed E-state index contributed by atoms with van der Waals surface area (Å²) in [5, 5.41) is 0.109. The van der Waals surface area contributed by atoms with Gasteiger partial charge in [0.1, 0.15) is 16.9 Å². The molecule has 3 heterocycles. The number of fused-ring (bicyclic) bond motifs is 1. The number of aromatic nitrogens is 3. The van der Waals surface area contributed by atoms with Crippen molar-refractivity contribution in [1.29, 1.82) is 0 Å². The molecule has 10 heteroatoms. The molecule has 1 saturated heterocycles. The molecule has 0 unspecified atom stereocenters. The van der Waals surface area contributed by atoms with Crippen LogP contribution in [0.5, 0.6) is 0 Å². The number of hydrogen-bond donors (Lipinski definition) is 0. The first-order chi connectivity index (χ1) is 13.1. The number of nitrogens with zero attached hydrogens (tertiary/aromatic N) is 5. The maximum Gasteiger partial charge on any atom is 0.410 e. The lowest BCUT2D eigenvalue weighted by Crippen LogP contribution is -2.58. The van der Waals surface area contributed by atoms with E-state index >= 15 is 0 Å². The maximum absolute atomic E-state index is 14.4. The van der Waals surface area contributed by atoms with Crippen LogP contribution < -0.4 is 4.90 Å². The standard InChI is InChI=1S/C18H20Cl2FN5O2/c1-17(2,3)28-16(27)26-7-6-25(9-18(26)4-5-18)14-10-8-22-13(19)11(21)12(10)23-15(20)24-14/h8H,4-7,9H2,1-3H3. The molecule has 2 aromatic heterocycles. The molecule has 1 saturated carbocycles. The summed E-state index contributed by atoms with van der Waals surface area (Å²) in [4.78, 5) is 28.6. The zero-order chi connectivity index (χ0) is 20.3. The van der Waals surface area contributed by atoms with Gasteiger partial charge in [-0.1, -0.05) is 11.6 Å². The van der Waals surface area contributed by atoms with Crippen LogP contribution >= 0.6 is 23.2 Å². The Morgan fingerprint density at radius 1 is 1.25 bits per heavy atom. The van der Waals surface area contributed by atoms with Crippen molar-refractivity contribution in [3.8, 4) is 0 Å². The Bertz CT molecular complexity index is 961. The van der Waals surface area contributed by atoms with E-state index in [2.05, 4.69) is 15.0 Å². The Morgan fingerprint density at radius 2 is 1.96 bits per heavy atom. The Morgan fingerprint density at radius 3 is 2.61 bits per heavy atom. The van der Waals surface area contributed by atoms with Crippen molar-refractivity contribution in [3.63, 3.8) is 0 Å². The molecule has 0 radical (unpaired) electrons. The highest BCUT2D eigenvalue weighted by molar-refractivity contribution is 6.30. The fourth-order valence-electron chi connectivity index (χ4n) is 3.57. The minimum absolute atomic E-state index is 0.0365. The molecule has 0 atom stereocenters. The fourth-order valence-corrected chi connectivity index (χ4v) is 3.87. The number of amides is 1. The van der Waals surface area contributed by atoms with Crippen LogP contribution in [-0.4, -0.2) is 56.7 Å². The molecule has 150 valence electrons. The van der Waals surface area contributed by atoms with Crippen LogP contribution in [0, 0.1) is 5.82 Å². The summed E-state index contributed by atoms with van der Waals surface area (Å²) in [6.45, 7) is 7.08. The minimum atomic E-state index is -0.724. The van der Waals surface area contributed by atoms with Gasteiger partial charge in [-0.25, -0.2) is 19.2 Å². The summed E-state index contributed by atoms with van der Waals surface area (Å²) in [5.41, 5.74) is -0.819. The lowest BCUT2D eigenvalue weighted by atomic mass is 10.1. The van der Waals surface area contributed by atoms with Gasteiger partial charge in [-0.05, 0) is 45.2 Å². The lowest BCUT2D eigenvalue weighted by molar-refractivity contribution is 0.0106. The molecular formula is C18H20Cl2FN5O2. The van der Waals surface area contributed by atoms with Gasteiger partial charge in [-0.15, -0.1) is 0 Å². The fraction of sp³-hybridized carbons (Fsp3) is 0.556. The second-order valence-corrected chi connectivity index (χ2v) is 8.92. The van der Waals surface area contributed by atoms with Crippen LogP contribution in [0.1, 0.15) is 33.6 Å². The van der Waals surface area contributed by atoms with Gasteiger partial charge in [0.25, 0.3) is 0 Å². The Labute approximate surface area is 171 Å². The summed E-state index contributed by atoms with van der Waals surface area (Å²) >= 11 is 11.8. The molecule has 28 heavy (non-hydrogen) atoms. The number of piperazine rings is 1. The van der Waals surface area contributed by atoms with E-state index in [0.717, 1.165) is 12.8 Å². The number of rotatable bonds is 1. The van der Waals surface area contributed by atoms with Crippen LogP contribution in [0.4, 0.5) is 15.0 Å². The predicted octanol–water partition coefficient (Wildman–Crippen LogP) is 4.06. The third-order valence-electron chi connectivity index (χ3n) is 4.99. The molecule has 1 aliphatic heterocycles. The normalized spacial score (nSPS) is 18.6. The topological polar surface area (TPSA) is 71.5 Å². The second kappa shape index (κ2) is 6.56. The minimum Gasteiger partial charge on any atom is -0.444 e. The van der Waals surface area contributed by atoms with Gasteiger partial charge < -0.3 is 9.64 Å². The van der Waals surface area contributed by atoms with Crippen LogP contribution in [0.3, 0.4) is 0 Å². The molecule has 2 aromatic rings. The first-order valence-electron chi connectivity index (χ1n) is 9.02. The van der Waals surface area contributed by atoms with E-state index in [9.17, 15) is 9.18 Å². The zero-order valence-electron chi connectivity index (χ0n) is 15.8. The van der Waals surface area contributed by atoms with Gasteiger partial charge in [0.15, 0.2) is 11.0 Å². The Balaban J connectivity index is 1.65. The van der Waals surface area contributed by atoms with E-state index in [1.165, 1.54) is 6.20 Å². The highest BCUT2D eigenvalue weighted by atomic mass is 35.5. The summed E-state index contributed by atoms with van der Waals surface area (Å²) in [7, 11) is 0. The SMILES string of the molecule is CC(C)(C)OC(=O)N1CCN(c2nc(Cl)nc3c(F)c(Cl)ncc23)CC12CC2. The Kier molecular flexibility index (Phi) is 4.54. The largest absolute Gasteiger partial charge is 0.444 e. The van der Waals surface area contributed by atoms with Crippen molar-refractivity contribution in [2.75, 3.05) is 24.5 Å². The van der Waals surface area contributed by atoms with Gasteiger partial charge in [0.05, 0.1) is 10.9 Å². The highest BCUT2D eigenvalue weighted by Gasteiger charge is 2.54. The highest BCUT2D eigenvalue weighted by Crippen LogP contribution is 2.46. The number of carbonyl (C=O) groups is 1. The summed E-state index contributed by atoms with van der Waals surface area (Å²) in [5.74, 6) is -0.230. The van der Waals surface area contributed by atoms with Crippen LogP contribution in [0.2, 0.25) is 10.4 Å². The van der Waals surface area contributed by atoms with E-state index in [1.807, 2.05) is 25.7 Å². The summed E-state index contributed by atoms with van der Waals surface area (Å²) < 4.78 is 19.9. The molecule has 0 N–H and O–H groups in total. The first-order valence-corrected chi connectivity index (χ1v) is 9.78. The third kappa shape index (κ3) is 3.43. The zero-order valence-corrected chi connectivity index (χ0v) is 17.3. The van der Waals surface area contributed by atoms with Gasteiger partial charge in [-0.3, -0.25) is 4.90 Å².